The largest absolute Gasteiger partial charge is 0.372 e. The number of nitrogens with one attached hydrogen (secondary N) is 3. The fourth-order valence-electron chi connectivity index (χ4n) is 3.08. The molecule has 2 aromatic rings. The number of amides is 1. The molecule has 3 N–H and O–H groups in total. The van der Waals surface area contributed by atoms with Crippen LogP contribution < -0.4 is 15.5 Å². The van der Waals surface area contributed by atoms with Crippen molar-refractivity contribution in [2.24, 2.45) is 0 Å². The lowest BCUT2D eigenvalue weighted by molar-refractivity contribution is 0.0947. The summed E-state index contributed by atoms with van der Waals surface area (Å²) in [4.78, 5) is 14.6. The van der Waals surface area contributed by atoms with Gasteiger partial charge in [-0.1, -0.05) is 18.2 Å². The number of aromatic nitrogens is 2. The molecule has 0 radical (unpaired) electrons. The Balaban J connectivity index is 1.48. The van der Waals surface area contributed by atoms with E-state index in [1.807, 2.05) is 6.07 Å². The molecule has 0 spiro atoms. The summed E-state index contributed by atoms with van der Waals surface area (Å²) in [5.74, 6) is -0.0843. The summed E-state index contributed by atoms with van der Waals surface area (Å²) < 4.78 is 0. The van der Waals surface area contributed by atoms with Crippen molar-refractivity contribution in [3.63, 3.8) is 0 Å². The van der Waals surface area contributed by atoms with Crippen molar-refractivity contribution in [3.8, 4) is 0 Å². The first-order chi connectivity index (χ1) is 11.8. The zero-order valence-electron chi connectivity index (χ0n) is 14.1. The Bertz CT molecular complexity index is 667. The minimum absolute atomic E-state index is 0.0843. The Morgan fingerprint density at radius 2 is 2.17 bits per heavy atom. The Morgan fingerprint density at radius 3 is 2.96 bits per heavy atom. The summed E-state index contributed by atoms with van der Waals surface area (Å²) in [5.41, 5.74) is 3.85. The molecule has 1 aliphatic rings. The van der Waals surface area contributed by atoms with Crippen molar-refractivity contribution in [2.45, 2.75) is 26.3 Å². The Morgan fingerprint density at radius 1 is 1.33 bits per heavy atom. The average molecular weight is 327 g/mol. The number of H-pyrrole nitrogens is 1. The first kappa shape index (κ1) is 16.5. The van der Waals surface area contributed by atoms with Gasteiger partial charge in [0.05, 0.1) is 0 Å². The predicted molar refractivity (Wildman–Crippen MR) is 95.3 cm³/mol. The second-order valence-corrected chi connectivity index (χ2v) is 5.98. The molecule has 0 unspecified atom stereocenters. The molecule has 128 valence electrons. The molecule has 0 aliphatic carbocycles. The number of benzene rings is 1. The third-order valence-corrected chi connectivity index (χ3v) is 4.41. The van der Waals surface area contributed by atoms with Crippen molar-refractivity contribution >= 4 is 11.6 Å². The molecule has 6 nitrogen and oxygen atoms in total. The molecule has 1 aromatic heterocycles. The zero-order valence-corrected chi connectivity index (χ0v) is 14.1. The standard InChI is InChI=1S/C18H25N5O/c1-2-23(14-7-4-3-5-8-14)12-6-10-20-18(24)17-15-13-19-11-9-16(15)21-22-17/h3-5,7-8,19H,2,6,9-13H2,1H3,(H,20,24)(H,21,22). The van der Waals surface area contributed by atoms with Gasteiger partial charge in [0.25, 0.3) is 5.91 Å². The van der Waals surface area contributed by atoms with E-state index in [2.05, 4.69) is 56.9 Å². The average Bonchev–Trinajstić information content (AvgIpc) is 3.06. The number of hydrogen-bond donors (Lipinski definition) is 3. The second-order valence-electron chi connectivity index (χ2n) is 5.98. The Labute approximate surface area is 142 Å². The molecule has 24 heavy (non-hydrogen) atoms. The van der Waals surface area contributed by atoms with E-state index in [-0.39, 0.29) is 5.91 Å². The van der Waals surface area contributed by atoms with Gasteiger partial charge in [0.2, 0.25) is 0 Å². The van der Waals surface area contributed by atoms with Crippen LogP contribution in [0.2, 0.25) is 0 Å². The van der Waals surface area contributed by atoms with E-state index in [4.69, 9.17) is 0 Å². The number of aromatic amines is 1. The summed E-state index contributed by atoms with van der Waals surface area (Å²) in [5, 5.41) is 13.4. The first-order valence-corrected chi connectivity index (χ1v) is 8.64. The molecule has 3 rings (SSSR count). The van der Waals surface area contributed by atoms with Crippen LogP contribution in [0.15, 0.2) is 30.3 Å². The normalized spacial score (nSPS) is 13.4. The molecule has 0 saturated heterocycles. The zero-order chi connectivity index (χ0) is 16.8. The van der Waals surface area contributed by atoms with Crippen LogP contribution in [0.1, 0.15) is 35.1 Å². The minimum atomic E-state index is -0.0843. The quantitative estimate of drug-likeness (QED) is 0.677. The van der Waals surface area contributed by atoms with Crippen LogP contribution in [-0.2, 0) is 13.0 Å². The van der Waals surface area contributed by atoms with E-state index in [0.29, 0.717) is 18.8 Å². The highest BCUT2D eigenvalue weighted by Crippen LogP contribution is 2.15. The number of anilines is 1. The number of carbonyl (C=O) groups is 1. The summed E-state index contributed by atoms with van der Waals surface area (Å²) in [6.45, 7) is 6.32. The lowest BCUT2D eigenvalue weighted by atomic mass is 10.1. The van der Waals surface area contributed by atoms with Crippen molar-refractivity contribution in [3.05, 3.63) is 47.3 Å². The maximum atomic E-state index is 12.3. The molecule has 1 amide bonds. The Kier molecular flexibility index (Phi) is 5.48. The van der Waals surface area contributed by atoms with Gasteiger partial charge in [0, 0.05) is 56.1 Å². The second kappa shape index (κ2) is 7.97. The van der Waals surface area contributed by atoms with Crippen LogP contribution in [0.25, 0.3) is 0 Å². The van der Waals surface area contributed by atoms with Gasteiger partial charge in [-0.3, -0.25) is 9.89 Å². The summed E-state index contributed by atoms with van der Waals surface area (Å²) in [6, 6.07) is 10.4. The lowest BCUT2D eigenvalue weighted by Gasteiger charge is -2.23. The van der Waals surface area contributed by atoms with E-state index in [1.54, 1.807) is 0 Å². The van der Waals surface area contributed by atoms with Gasteiger partial charge in [-0.15, -0.1) is 0 Å². The van der Waals surface area contributed by atoms with E-state index in [1.165, 1.54) is 5.69 Å². The monoisotopic (exact) mass is 327 g/mol. The van der Waals surface area contributed by atoms with Gasteiger partial charge < -0.3 is 15.5 Å². The SMILES string of the molecule is CCN(CCCNC(=O)c1n[nH]c2c1CNCC2)c1ccccc1. The fraction of sp³-hybridized carbons (Fsp3) is 0.444. The molecule has 6 heteroatoms. The van der Waals surface area contributed by atoms with Crippen molar-refractivity contribution in [1.29, 1.82) is 0 Å². The summed E-state index contributed by atoms with van der Waals surface area (Å²) in [7, 11) is 0. The molecule has 0 bridgehead atoms. The summed E-state index contributed by atoms with van der Waals surface area (Å²) in [6.07, 6.45) is 1.80. The number of fused-ring (bicyclic) bond motifs is 1. The third kappa shape index (κ3) is 3.76. The highest BCUT2D eigenvalue weighted by atomic mass is 16.1. The topological polar surface area (TPSA) is 73.0 Å². The lowest BCUT2D eigenvalue weighted by Crippen LogP contribution is -2.31. The van der Waals surface area contributed by atoms with Crippen LogP contribution >= 0.6 is 0 Å². The molecule has 1 aliphatic heterocycles. The molecule has 0 atom stereocenters. The van der Waals surface area contributed by atoms with Gasteiger partial charge in [-0.2, -0.15) is 5.10 Å². The minimum Gasteiger partial charge on any atom is -0.372 e. The van der Waals surface area contributed by atoms with Crippen LogP contribution in [0, 0.1) is 0 Å². The van der Waals surface area contributed by atoms with Gasteiger partial charge in [-0.05, 0) is 25.5 Å². The van der Waals surface area contributed by atoms with E-state index < -0.39 is 0 Å². The maximum absolute atomic E-state index is 12.3. The van der Waals surface area contributed by atoms with Gasteiger partial charge in [-0.25, -0.2) is 0 Å². The van der Waals surface area contributed by atoms with Crippen LogP contribution in [0.3, 0.4) is 0 Å². The van der Waals surface area contributed by atoms with Crippen LogP contribution in [0.4, 0.5) is 5.69 Å². The number of rotatable bonds is 7. The highest BCUT2D eigenvalue weighted by molar-refractivity contribution is 5.94. The van der Waals surface area contributed by atoms with Crippen molar-refractivity contribution in [2.75, 3.05) is 31.1 Å². The molecule has 1 aromatic carbocycles. The summed E-state index contributed by atoms with van der Waals surface area (Å²) >= 11 is 0. The van der Waals surface area contributed by atoms with Crippen LogP contribution in [0.5, 0.6) is 0 Å². The first-order valence-electron chi connectivity index (χ1n) is 8.64. The van der Waals surface area contributed by atoms with Crippen molar-refractivity contribution in [1.82, 2.24) is 20.8 Å². The number of nitrogens with zero attached hydrogens (tertiary/aromatic N) is 2. The molecular weight excluding hydrogens is 302 g/mol. The van der Waals surface area contributed by atoms with E-state index in [9.17, 15) is 4.79 Å². The third-order valence-electron chi connectivity index (χ3n) is 4.41. The van der Waals surface area contributed by atoms with Crippen LogP contribution in [-0.4, -0.2) is 42.3 Å². The Hall–Kier alpha value is -2.34. The van der Waals surface area contributed by atoms with Gasteiger partial charge in [0.15, 0.2) is 5.69 Å². The molecule has 0 saturated carbocycles. The molecule has 2 heterocycles. The van der Waals surface area contributed by atoms with Crippen molar-refractivity contribution < 1.29 is 4.79 Å². The molecule has 0 fully saturated rings. The van der Waals surface area contributed by atoms with Gasteiger partial charge in [0.1, 0.15) is 0 Å². The van der Waals surface area contributed by atoms with E-state index in [0.717, 1.165) is 43.7 Å². The predicted octanol–water partition coefficient (Wildman–Crippen LogP) is 1.70. The molecular formula is C18H25N5O. The number of para-hydroxylation sites is 1. The maximum Gasteiger partial charge on any atom is 0.272 e. The highest BCUT2D eigenvalue weighted by Gasteiger charge is 2.21. The number of hydrogen-bond acceptors (Lipinski definition) is 4. The van der Waals surface area contributed by atoms with Gasteiger partial charge >= 0.3 is 0 Å². The number of carbonyl (C=O) groups excluding carboxylic acids is 1. The van der Waals surface area contributed by atoms with E-state index >= 15 is 0 Å². The smallest absolute Gasteiger partial charge is 0.272 e. The fourth-order valence-corrected chi connectivity index (χ4v) is 3.08.